The Labute approximate surface area is 127 Å². The fourth-order valence-corrected chi connectivity index (χ4v) is 2.52. The summed E-state index contributed by atoms with van der Waals surface area (Å²) in [6.45, 7) is 0. The van der Waals surface area contributed by atoms with Gasteiger partial charge in [0.1, 0.15) is 0 Å². The standard InChI is InChI=1S/C17H13ClN2O/c18-13-8-12(9-14(19)10-13)17(21)20-16-7-3-5-11-4-1-2-6-15(11)16/h1-10H,19H2,(H,20,21). The van der Waals surface area contributed by atoms with Crippen molar-refractivity contribution < 1.29 is 4.79 Å². The minimum absolute atomic E-state index is 0.236. The maximum absolute atomic E-state index is 12.3. The van der Waals surface area contributed by atoms with Crippen LogP contribution in [0.5, 0.6) is 0 Å². The number of halogens is 1. The molecule has 3 N–H and O–H groups in total. The lowest BCUT2D eigenvalue weighted by molar-refractivity contribution is 0.102. The van der Waals surface area contributed by atoms with Gasteiger partial charge in [0.15, 0.2) is 0 Å². The molecular weight excluding hydrogens is 284 g/mol. The van der Waals surface area contributed by atoms with Crippen molar-refractivity contribution in [3.8, 4) is 0 Å². The van der Waals surface area contributed by atoms with Crippen molar-refractivity contribution in [3.63, 3.8) is 0 Å². The van der Waals surface area contributed by atoms with Crippen LogP contribution in [0.25, 0.3) is 10.8 Å². The van der Waals surface area contributed by atoms with Crippen LogP contribution in [0.4, 0.5) is 11.4 Å². The van der Waals surface area contributed by atoms with Crippen LogP contribution in [0, 0.1) is 0 Å². The maximum atomic E-state index is 12.3. The molecule has 0 unspecified atom stereocenters. The number of nitrogens with one attached hydrogen (secondary N) is 1. The summed E-state index contributed by atoms with van der Waals surface area (Å²) in [5.41, 5.74) is 7.38. The van der Waals surface area contributed by atoms with E-state index in [0.29, 0.717) is 16.3 Å². The molecule has 104 valence electrons. The van der Waals surface area contributed by atoms with E-state index >= 15 is 0 Å². The number of anilines is 2. The number of hydrogen-bond donors (Lipinski definition) is 2. The van der Waals surface area contributed by atoms with E-state index in [0.717, 1.165) is 16.5 Å². The van der Waals surface area contributed by atoms with E-state index in [1.54, 1.807) is 18.2 Å². The largest absolute Gasteiger partial charge is 0.399 e. The Morgan fingerprint density at radius 2 is 1.76 bits per heavy atom. The van der Waals surface area contributed by atoms with Crippen LogP contribution in [0.15, 0.2) is 60.7 Å². The SMILES string of the molecule is Nc1cc(Cl)cc(C(=O)Nc2cccc3ccccc23)c1. The van der Waals surface area contributed by atoms with Gasteiger partial charge in [-0.3, -0.25) is 4.79 Å². The molecule has 0 heterocycles. The molecular formula is C17H13ClN2O. The number of rotatable bonds is 2. The monoisotopic (exact) mass is 296 g/mol. The Morgan fingerprint density at radius 1 is 1.00 bits per heavy atom. The zero-order chi connectivity index (χ0) is 14.8. The third-order valence-corrected chi connectivity index (χ3v) is 3.44. The average molecular weight is 297 g/mol. The van der Waals surface area contributed by atoms with Crippen LogP contribution in [0.3, 0.4) is 0 Å². The number of carbonyl (C=O) groups excluding carboxylic acids is 1. The number of nitrogens with two attached hydrogens (primary N) is 1. The summed E-state index contributed by atoms with van der Waals surface area (Å²) >= 11 is 5.93. The van der Waals surface area contributed by atoms with Crippen molar-refractivity contribution in [1.29, 1.82) is 0 Å². The molecule has 0 atom stereocenters. The average Bonchev–Trinajstić information content (AvgIpc) is 2.46. The topological polar surface area (TPSA) is 55.1 Å². The third-order valence-electron chi connectivity index (χ3n) is 3.22. The van der Waals surface area contributed by atoms with Crippen molar-refractivity contribution in [2.75, 3.05) is 11.1 Å². The van der Waals surface area contributed by atoms with Gasteiger partial charge in [-0.25, -0.2) is 0 Å². The predicted octanol–water partition coefficient (Wildman–Crippen LogP) is 4.33. The van der Waals surface area contributed by atoms with Gasteiger partial charge in [0.25, 0.3) is 5.91 Å². The fourth-order valence-electron chi connectivity index (χ4n) is 2.27. The molecule has 0 aliphatic rings. The van der Waals surface area contributed by atoms with Gasteiger partial charge < -0.3 is 11.1 Å². The van der Waals surface area contributed by atoms with Crippen molar-refractivity contribution >= 4 is 39.7 Å². The smallest absolute Gasteiger partial charge is 0.255 e. The number of amides is 1. The molecule has 0 fully saturated rings. The molecule has 0 aliphatic heterocycles. The first-order chi connectivity index (χ1) is 10.1. The molecule has 4 heteroatoms. The first-order valence-electron chi connectivity index (χ1n) is 6.49. The molecule has 3 aromatic rings. The zero-order valence-electron chi connectivity index (χ0n) is 11.1. The fraction of sp³-hybridized carbons (Fsp3) is 0. The summed E-state index contributed by atoms with van der Waals surface area (Å²) in [6, 6.07) is 18.5. The van der Waals surface area contributed by atoms with Gasteiger partial charge in [0.2, 0.25) is 0 Å². The highest BCUT2D eigenvalue weighted by atomic mass is 35.5. The lowest BCUT2D eigenvalue weighted by Crippen LogP contribution is -2.12. The Hall–Kier alpha value is -2.52. The van der Waals surface area contributed by atoms with E-state index in [-0.39, 0.29) is 5.91 Å². The van der Waals surface area contributed by atoms with Gasteiger partial charge in [-0.2, -0.15) is 0 Å². The highest BCUT2D eigenvalue weighted by molar-refractivity contribution is 6.31. The molecule has 3 nitrogen and oxygen atoms in total. The van der Waals surface area contributed by atoms with E-state index in [9.17, 15) is 4.79 Å². The second-order valence-electron chi connectivity index (χ2n) is 4.75. The molecule has 0 radical (unpaired) electrons. The molecule has 3 aromatic carbocycles. The molecule has 0 aromatic heterocycles. The Bertz CT molecular complexity index is 804. The van der Waals surface area contributed by atoms with E-state index < -0.39 is 0 Å². The van der Waals surface area contributed by atoms with Crippen molar-refractivity contribution in [2.45, 2.75) is 0 Å². The second-order valence-corrected chi connectivity index (χ2v) is 5.19. The van der Waals surface area contributed by atoms with Crippen LogP contribution >= 0.6 is 11.6 Å². The maximum Gasteiger partial charge on any atom is 0.255 e. The number of fused-ring (bicyclic) bond motifs is 1. The highest BCUT2D eigenvalue weighted by Crippen LogP contribution is 2.24. The lowest BCUT2D eigenvalue weighted by Gasteiger charge is -2.09. The summed E-state index contributed by atoms with van der Waals surface area (Å²) < 4.78 is 0. The van der Waals surface area contributed by atoms with Gasteiger partial charge in [0.05, 0.1) is 0 Å². The molecule has 3 rings (SSSR count). The van der Waals surface area contributed by atoms with Gasteiger partial charge >= 0.3 is 0 Å². The van der Waals surface area contributed by atoms with Crippen LogP contribution in [-0.2, 0) is 0 Å². The normalized spacial score (nSPS) is 10.5. The quantitative estimate of drug-likeness (QED) is 0.692. The van der Waals surface area contributed by atoms with Crippen molar-refractivity contribution in [2.24, 2.45) is 0 Å². The number of hydrogen-bond acceptors (Lipinski definition) is 2. The van der Waals surface area contributed by atoms with Crippen molar-refractivity contribution in [3.05, 3.63) is 71.2 Å². The molecule has 0 saturated carbocycles. The Morgan fingerprint density at radius 3 is 2.57 bits per heavy atom. The highest BCUT2D eigenvalue weighted by Gasteiger charge is 2.09. The van der Waals surface area contributed by atoms with Gasteiger partial charge in [-0.15, -0.1) is 0 Å². The minimum Gasteiger partial charge on any atom is -0.399 e. The molecule has 21 heavy (non-hydrogen) atoms. The summed E-state index contributed by atoms with van der Waals surface area (Å²) in [7, 11) is 0. The summed E-state index contributed by atoms with van der Waals surface area (Å²) in [6.07, 6.45) is 0. The summed E-state index contributed by atoms with van der Waals surface area (Å²) in [4.78, 5) is 12.3. The Balaban J connectivity index is 1.96. The predicted molar refractivity (Wildman–Crippen MR) is 87.8 cm³/mol. The van der Waals surface area contributed by atoms with E-state index in [1.807, 2.05) is 42.5 Å². The van der Waals surface area contributed by atoms with E-state index in [2.05, 4.69) is 5.32 Å². The molecule has 0 aliphatic carbocycles. The molecule has 0 bridgehead atoms. The second kappa shape index (κ2) is 5.46. The summed E-state index contributed by atoms with van der Waals surface area (Å²) in [5, 5.41) is 5.40. The van der Waals surface area contributed by atoms with E-state index in [1.165, 1.54) is 0 Å². The minimum atomic E-state index is -0.236. The lowest BCUT2D eigenvalue weighted by atomic mass is 10.1. The van der Waals surface area contributed by atoms with Crippen LogP contribution in [0.1, 0.15) is 10.4 Å². The van der Waals surface area contributed by atoms with E-state index in [4.69, 9.17) is 17.3 Å². The molecule has 0 saturated heterocycles. The number of nitrogen functional groups attached to an aromatic ring is 1. The van der Waals surface area contributed by atoms with Crippen LogP contribution in [-0.4, -0.2) is 5.91 Å². The Kier molecular flexibility index (Phi) is 3.50. The molecule has 1 amide bonds. The number of carbonyl (C=O) groups is 1. The van der Waals surface area contributed by atoms with Crippen molar-refractivity contribution in [1.82, 2.24) is 0 Å². The van der Waals surface area contributed by atoms with Gasteiger partial charge in [0, 0.05) is 27.3 Å². The summed E-state index contributed by atoms with van der Waals surface area (Å²) in [5.74, 6) is -0.236. The third kappa shape index (κ3) is 2.83. The first kappa shape index (κ1) is 13.5. The number of benzene rings is 3. The van der Waals surface area contributed by atoms with Crippen LogP contribution in [0.2, 0.25) is 5.02 Å². The molecule has 0 spiro atoms. The van der Waals surface area contributed by atoms with Gasteiger partial charge in [-0.1, -0.05) is 48.0 Å². The zero-order valence-corrected chi connectivity index (χ0v) is 11.9. The first-order valence-corrected chi connectivity index (χ1v) is 6.86. The van der Waals surface area contributed by atoms with Crippen LogP contribution < -0.4 is 11.1 Å². The van der Waals surface area contributed by atoms with Gasteiger partial charge in [-0.05, 0) is 29.7 Å².